The molecule has 0 saturated carbocycles. The second-order valence-electron chi connectivity index (χ2n) is 8.05. The summed E-state index contributed by atoms with van der Waals surface area (Å²) in [5.74, 6) is 0. The van der Waals surface area contributed by atoms with Crippen LogP contribution in [0.2, 0.25) is 0 Å². The van der Waals surface area contributed by atoms with E-state index in [2.05, 4.69) is 44.0 Å². The minimum Gasteiger partial charge on any atom is -0.377 e. The summed E-state index contributed by atoms with van der Waals surface area (Å²) in [6, 6.07) is 6.55. The largest absolute Gasteiger partial charge is 0.377 e. The van der Waals surface area contributed by atoms with Crippen LogP contribution in [0.15, 0.2) is 22.7 Å². The molecule has 3 aliphatic rings. The quantitative estimate of drug-likeness (QED) is 0.786. The number of likely N-dealkylation sites (tertiary alicyclic amines) is 1. The molecule has 1 unspecified atom stereocenters. The number of fused-ring (bicyclic) bond motifs is 4. The molecule has 3 aliphatic heterocycles. The molecule has 0 bridgehead atoms. The van der Waals surface area contributed by atoms with E-state index in [1.165, 1.54) is 41.4 Å². The van der Waals surface area contributed by atoms with Gasteiger partial charge in [0.1, 0.15) is 5.60 Å². The van der Waals surface area contributed by atoms with Crippen LogP contribution < -0.4 is 0 Å². The maximum atomic E-state index is 6.43. The van der Waals surface area contributed by atoms with E-state index in [4.69, 9.17) is 9.47 Å². The van der Waals surface area contributed by atoms with Crippen LogP contribution in [0, 0.1) is 0 Å². The number of piperidine rings is 1. The van der Waals surface area contributed by atoms with Crippen LogP contribution >= 0.6 is 15.9 Å². The van der Waals surface area contributed by atoms with Crippen LogP contribution in [0.3, 0.4) is 0 Å². The molecule has 1 N–H and O–H groups in total. The van der Waals surface area contributed by atoms with E-state index < -0.39 is 0 Å². The van der Waals surface area contributed by atoms with Crippen molar-refractivity contribution in [1.82, 2.24) is 9.88 Å². The van der Waals surface area contributed by atoms with Crippen molar-refractivity contribution in [3.8, 4) is 0 Å². The van der Waals surface area contributed by atoms with Crippen molar-refractivity contribution < 1.29 is 9.47 Å². The van der Waals surface area contributed by atoms with E-state index in [1.807, 2.05) is 0 Å². The summed E-state index contributed by atoms with van der Waals surface area (Å²) < 4.78 is 13.5. The molecule has 26 heavy (non-hydrogen) atoms. The highest BCUT2D eigenvalue weighted by molar-refractivity contribution is 9.10. The molecule has 0 aliphatic carbocycles. The monoisotopic (exact) mass is 418 g/mol. The molecular formula is C21H27BrN2O2. The number of aromatic nitrogens is 1. The Hall–Kier alpha value is -0.880. The molecule has 5 rings (SSSR count). The summed E-state index contributed by atoms with van der Waals surface area (Å²) in [7, 11) is 0. The van der Waals surface area contributed by atoms with Gasteiger partial charge >= 0.3 is 0 Å². The minimum absolute atomic E-state index is 0.122. The molecule has 140 valence electrons. The lowest BCUT2D eigenvalue weighted by atomic mass is 9.83. The lowest BCUT2D eigenvalue weighted by Gasteiger charge is -2.44. The van der Waals surface area contributed by atoms with Gasteiger partial charge in [-0.2, -0.15) is 0 Å². The van der Waals surface area contributed by atoms with Gasteiger partial charge in [-0.1, -0.05) is 15.9 Å². The predicted molar refractivity (Wildman–Crippen MR) is 107 cm³/mol. The van der Waals surface area contributed by atoms with Gasteiger partial charge in [0.2, 0.25) is 0 Å². The summed E-state index contributed by atoms with van der Waals surface area (Å²) in [5.41, 5.74) is 3.92. The normalized spacial score (nSPS) is 26.3. The van der Waals surface area contributed by atoms with Gasteiger partial charge in [-0.25, -0.2) is 0 Å². The first-order valence-electron chi connectivity index (χ1n) is 10.0. The first kappa shape index (κ1) is 17.2. The van der Waals surface area contributed by atoms with E-state index >= 15 is 0 Å². The topological polar surface area (TPSA) is 37.5 Å². The molecule has 4 heterocycles. The molecule has 1 atom stereocenters. The molecule has 2 fully saturated rings. The third-order valence-electron chi connectivity index (χ3n) is 6.45. The number of H-pyrrole nitrogens is 1. The molecule has 2 saturated heterocycles. The Morgan fingerprint density at radius 3 is 2.88 bits per heavy atom. The summed E-state index contributed by atoms with van der Waals surface area (Å²) in [5, 5.41) is 1.36. The molecule has 1 aromatic heterocycles. The van der Waals surface area contributed by atoms with Gasteiger partial charge in [-0.3, -0.25) is 0 Å². The SMILES string of the molecule is Brc1ccc2[nH]c3c(c2c1)CCOC31CCN(CC2CCCCO2)CC1. The number of nitrogens with zero attached hydrogens (tertiary/aromatic N) is 1. The average molecular weight is 419 g/mol. The zero-order valence-electron chi connectivity index (χ0n) is 15.2. The second kappa shape index (κ2) is 6.93. The second-order valence-corrected chi connectivity index (χ2v) is 8.97. The third-order valence-corrected chi connectivity index (χ3v) is 6.95. The Kier molecular flexibility index (Phi) is 4.60. The standard InChI is InChI=1S/C21H27BrN2O2/c22-15-4-5-19-18(13-15)17-6-12-26-21(20(17)23-19)7-9-24(10-8-21)14-16-3-1-2-11-25-16/h4-5,13,16,23H,1-3,6-12,14H2. The Morgan fingerprint density at radius 2 is 2.08 bits per heavy atom. The van der Waals surface area contributed by atoms with Crippen LogP contribution in [-0.4, -0.2) is 48.8 Å². The highest BCUT2D eigenvalue weighted by Crippen LogP contribution is 2.43. The lowest BCUT2D eigenvalue weighted by Crippen LogP contribution is -2.48. The lowest BCUT2D eigenvalue weighted by molar-refractivity contribution is -0.107. The van der Waals surface area contributed by atoms with Gasteiger partial charge in [0.25, 0.3) is 0 Å². The first-order chi connectivity index (χ1) is 12.7. The van der Waals surface area contributed by atoms with Gasteiger partial charge in [-0.05, 0) is 62.3 Å². The molecular weight excluding hydrogens is 392 g/mol. The Bertz CT molecular complexity index is 789. The van der Waals surface area contributed by atoms with Crippen LogP contribution in [0.25, 0.3) is 10.9 Å². The fourth-order valence-electron chi connectivity index (χ4n) is 5.02. The first-order valence-corrected chi connectivity index (χ1v) is 10.8. The number of hydrogen-bond donors (Lipinski definition) is 1. The van der Waals surface area contributed by atoms with Crippen molar-refractivity contribution in [2.24, 2.45) is 0 Å². The molecule has 0 amide bonds. The Balaban J connectivity index is 1.36. The van der Waals surface area contributed by atoms with Gasteiger partial charge in [-0.15, -0.1) is 0 Å². The maximum Gasteiger partial charge on any atom is 0.110 e. The molecule has 2 aromatic rings. The zero-order chi connectivity index (χ0) is 17.6. The predicted octanol–water partition coefficient (Wildman–Crippen LogP) is 4.36. The smallest absolute Gasteiger partial charge is 0.110 e. The summed E-state index contributed by atoms with van der Waals surface area (Å²) in [6.45, 7) is 5.05. The number of aromatic amines is 1. The van der Waals surface area contributed by atoms with Crippen LogP contribution in [0.1, 0.15) is 43.4 Å². The fourth-order valence-corrected chi connectivity index (χ4v) is 5.38. The third kappa shape index (κ3) is 3.03. The number of hydrogen-bond acceptors (Lipinski definition) is 3. The van der Waals surface area contributed by atoms with Crippen LogP contribution in [0.5, 0.6) is 0 Å². The van der Waals surface area contributed by atoms with Gasteiger partial charge in [0, 0.05) is 41.6 Å². The van der Waals surface area contributed by atoms with Crippen molar-refractivity contribution in [3.05, 3.63) is 33.9 Å². The number of nitrogens with one attached hydrogen (secondary N) is 1. The summed E-state index contributed by atoms with van der Waals surface area (Å²) >= 11 is 3.62. The number of rotatable bonds is 2. The Labute approximate surface area is 163 Å². The molecule has 0 radical (unpaired) electrons. The van der Waals surface area contributed by atoms with Crippen molar-refractivity contribution in [1.29, 1.82) is 0 Å². The molecule has 4 nitrogen and oxygen atoms in total. The number of benzene rings is 1. The van der Waals surface area contributed by atoms with Crippen molar-refractivity contribution >= 4 is 26.8 Å². The minimum atomic E-state index is -0.122. The van der Waals surface area contributed by atoms with Crippen molar-refractivity contribution in [3.63, 3.8) is 0 Å². The van der Waals surface area contributed by atoms with Gasteiger partial charge in [0.15, 0.2) is 0 Å². The van der Waals surface area contributed by atoms with Crippen molar-refractivity contribution in [2.45, 2.75) is 50.2 Å². The van der Waals surface area contributed by atoms with E-state index in [1.54, 1.807) is 0 Å². The van der Waals surface area contributed by atoms with Crippen LogP contribution in [-0.2, 0) is 21.5 Å². The summed E-state index contributed by atoms with van der Waals surface area (Å²) in [4.78, 5) is 6.29. The van der Waals surface area contributed by atoms with E-state index in [9.17, 15) is 0 Å². The zero-order valence-corrected chi connectivity index (χ0v) is 16.8. The Morgan fingerprint density at radius 1 is 1.19 bits per heavy atom. The fraction of sp³-hybridized carbons (Fsp3) is 0.619. The number of halogens is 1. The molecule has 1 spiro atoms. The van der Waals surface area contributed by atoms with E-state index in [-0.39, 0.29) is 5.60 Å². The van der Waals surface area contributed by atoms with E-state index in [0.717, 1.165) is 56.6 Å². The van der Waals surface area contributed by atoms with Gasteiger partial charge < -0.3 is 19.4 Å². The highest BCUT2D eigenvalue weighted by Gasteiger charge is 2.43. The average Bonchev–Trinajstić information content (AvgIpc) is 3.04. The van der Waals surface area contributed by atoms with Gasteiger partial charge in [0.05, 0.1) is 18.4 Å². The maximum absolute atomic E-state index is 6.43. The number of ether oxygens (including phenoxy) is 2. The molecule has 5 heteroatoms. The molecule has 1 aromatic carbocycles. The van der Waals surface area contributed by atoms with E-state index in [0.29, 0.717) is 6.10 Å². The summed E-state index contributed by atoms with van der Waals surface area (Å²) in [6.07, 6.45) is 7.35. The van der Waals surface area contributed by atoms with Crippen molar-refractivity contribution in [2.75, 3.05) is 32.8 Å². The van der Waals surface area contributed by atoms with Crippen LogP contribution in [0.4, 0.5) is 0 Å². The highest BCUT2D eigenvalue weighted by atomic mass is 79.9.